The van der Waals surface area contributed by atoms with Crippen molar-refractivity contribution in [2.75, 3.05) is 12.0 Å². The minimum atomic E-state index is -0.591. The quantitative estimate of drug-likeness (QED) is 0.464. The number of nitrogens with zero attached hydrogens (tertiary/aromatic N) is 1. The molecule has 0 N–H and O–H groups in total. The Balaban J connectivity index is 1.55. The third kappa shape index (κ3) is 1.87. The number of esters is 1. The van der Waals surface area contributed by atoms with Crippen molar-refractivity contribution >= 4 is 35.1 Å². The summed E-state index contributed by atoms with van der Waals surface area (Å²) in [6.45, 7) is 0. The van der Waals surface area contributed by atoms with Gasteiger partial charge in [-0.2, -0.15) is 0 Å². The molecule has 6 atom stereocenters. The molecule has 0 radical (unpaired) electrons. The molecule has 25 heavy (non-hydrogen) atoms. The second-order valence-electron chi connectivity index (χ2n) is 7.32. The topological polar surface area (TPSA) is 63.7 Å². The number of rotatable bonds is 2. The van der Waals surface area contributed by atoms with Gasteiger partial charge in [-0.25, -0.2) is 9.69 Å². The van der Waals surface area contributed by atoms with E-state index >= 15 is 0 Å². The van der Waals surface area contributed by atoms with Crippen LogP contribution in [0.15, 0.2) is 30.4 Å². The van der Waals surface area contributed by atoms with Gasteiger partial charge in [-0.3, -0.25) is 9.59 Å². The molecule has 6 heteroatoms. The van der Waals surface area contributed by atoms with Crippen LogP contribution < -0.4 is 4.90 Å². The van der Waals surface area contributed by atoms with Crippen LogP contribution in [0, 0.1) is 35.5 Å². The lowest BCUT2D eigenvalue weighted by Gasteiger charge is -2.37. The van der Waals surface area contributed by atoms with Crippen LogP contribution in [0.2, 0.25) is 5.02 Å². The van der Waals surface area contributed by atoms with Crippen LogP contribution in [0.25, 0.3) is 0 Å². The first-order valence-corrected chi connectivity index (χ1v) is 8.84. The average molecular weight is 358 g/mol. The van der Waals surface area contributed by atoms with Gasteiger partial charge in [0.1, 0.15) is 0 Å². The van der Waals surface area contributed by atoms with Crippen LogP contribution in [-0.2, 0) is 14.3 Å². The number of hydrogen-bond donors (Lipinski definition) is 0. The molecule has 0 spiro atoms. The smallest absolute Gasteiger partial charge is 0.339 e. The molecule has 3 fully saturated rings. The van der Waals surface area contributed by atoms with E-state index < -0.39 is 5.97 Å². The summed E-state index contributed by atoms with van der Waals surface area (Å²) in [5, 5.41) is 0.232. The van der Waals surface area contributed by atoms with Gasteiger partial charge in [0.15, 0.2) is 0 Å². The lowest BCUT2D eigenvalue weighted by atomic mass is 9.63. The minimum Gasteiger partial charge on any atom is -0.465 e. The van der Waals surface area contributed by atoms with Gasteiger partial charge >= 0.3 is 5.97 Å². The number of anilines is 1. The van der Waals surface area contributed by atoms with Gasteiger partial charge in [0.2, 0.25) is 11.8 Å². The first kappa shape index (κ1) is 15.1. The normalized spacial score (nSPS) is 37.1. The van der Waals surface area contributed by atoms with Crippen molar-refractivity contribution in [2.45, 2.75) is 6.42 Å². The number of halogens is 1. The molecular formula is C19H16ClNO4. The minimum absolute atomic E-state index is 0.154. The first-order chi connectivity index (χ1) is 12.0. The number of carbonyl (C=O) groups excluding carboxylic acids is 3. The van der Waals surface area contributed by atoms with Gasteiger partial charge in [0.25, 0.3) is 0 Å². The predicted molar refractivity (Wildman–Crippen MR) is 90.0 cm³/mol. The molecule has 128 valence electrons. The van der Waals surface area contributed by atoms with Crippen molar-refractivity contribution in [3.63, 3.8) is 0 Å². The fraction of sp³-hybridized carbons (Fsp3) is 0.421. The summed E-state index contributed by atoms with van der Waals surface area (Å²) in [6, 6.07) is 4.60. The molecule has 1 aromatic rings. The van der Waals surface area contributed by atoms with E-state index in [-0.39, 0.29) is 46.1 Å². The molecule has 1 aromatic carbocycles. The fourth-order valence-electron chi connectivity index (χ4n) is 5.13. The second kappa shape index (κ2) is 4.94. The van der Waals surface area contributed by atoms with E-state index in [1.807, 2.05) is 0 Å². The highest BCUT2D eigenvalue weighted by molar-refractivity contribution is 6.34. The Labute approximate surface area is 149 Å². The van der Waals surface area contributed by atoms with Gasteiger partial charge in [-0.1, -0.05) is 23.8 Å². The summed E-state index contributed by atoms with van der Waals surface area (Å²) in [5.41, 5.74) is 0.545. The summed E-state index contributed by atoms with van der Waals surface area (Å²) < 4.78 is 4.73. The zero-order chi connectivity index (χ0) is 17.5. The summed E-state index contributed by atoms with van der Waals surface area (Å²) >= 11 is 6.05. The molecule has 2 amide bonds. The van der Waals surface area contributed by atoms with Crippen molar-refractivity contribution in [1.82, 2.24) is 0 Å². The SMILES string of the molecule is COC(=O)c1cc(N2C(=O)[C@@H]3[C@@H]4C=C[C@H]([C@H]5C[C@@H]45)[C@@H]3C2=O)ccc1Cl. The van der Waals surface area contributed by atoms with E-state index in [1.165, 1.54) is 24.1 Å². The molecular weight excluding hydrogens is 342 g/mol. The molecule has 6 rings (SSSR count). The maximum absolute atomic E-state index is 13.1. The Morgan fingerprint density at radius 3 is 2.28 bits per heavy atom. The van der Waals surface area contributed by atoms with E-state index in [0.717, 1.165) is 6.42 Å². The molecule has 1 saturated heterocycles. The van der Waals surface area contributed by atoms with Crippen LogP contribution in [0.4, 0.5) is 5.69 Å². The molecule has 0 aromatic heterocycles. The van der Waals surface area contributed by atoms with E-state index in [0.29, 0.717) is 17.5 Å². The van der Waals surface area contributed by atoms with E-state index in [1.54, 1.807) is 6.07 Å². The lowest BCUT2D eigenvalue weighted by molar-refractivity contribution is -0.124. The largest absolute Gasteiger partial charge is 0.465 e. The zero-order valence-corrected chi connectivity index (χ0v) is 14.3. The number of hydrogen-bond acceptors (Lipinski definition) is 4. The summed E-state index contributed by atoms with van der Waals surface area (Å²) in [6.07, 6.45) is 5.40. The van der Waals surface area contributed by atoms with E-state index in [2.05, 4.69) is 12.2 Å². The molecule has 5 nitrogen and oxygen atoms in total. The van der Waals surface area contributed by atoms with Gasteiger partial charge in [-0.05, 0) is 48.3 Å². The van der Waals surface area contributed by atoms with Crippen LogP contribution >= 0.6 is 11.6 Å². The maximum atomic E-state index is 13.1. The van der Waals surface area contributed by atoms with E-state index in [4.69, 9.17) is 16.3 Å². The van der Waals surface area contributed by atoms with Crippen molar-refractivity contribution in [3.05, 3.63) is 40.9 Å². The number of methoxy groups -OCH3 is 1. The van der Waals surface area contributed by atoms with Crippen LogP contribution in [-0.4, -0.2) is 24.9 Å². The van der Waals surface area contributed by atoms with Crippen LogP contribution in [0.5, 0.6) is 0 Å². The standard InChI is InChI=1S/C19H16ClNO4/c1-25-19(24)13-6-8(2-5-14(13)20)21-17(22)15-9-3-4-10(12-7-11(9)12)16(15)18(21)23/h2-6,9-12,15-16H,7H2,1H3/t9-,10-,11-,12+,15+,16-/m1/s1. The van der Waals surface area contributed by atoms with Crippen molar-refractivity contribution in [3.8, 4) is 0 Å². The van der Waals surface area contributed by atoms with Crippen LogP contribution in [0.3, 0.4) is 0 Å². The Hall–Kier alpha value is -2.14. The van der Waals surface area contributed by atoms with Crippen molar-refractivity contribution < 1.29 is 19.1 Å². The number of allylic oxidation sites excluding steroid dienone is 2. The molecule has 4 aliphatic carbocycles. The highest BCUT2D eigenvalue weighted by Crippen LogP contribution is 2.65. The molecule has 1 aliphatic heterocycles. The maximum Gasteiger partial charge on any atom is 0.339 e. The van der Waals surface area contributed by atoms with Gasteiger partial charge in [0.05, 0.1) is 35.2 Å². The number of ether oxygens (including phenoxy) is 1. The fourth-order valence-corrected chi connectivity index (χ4v) is 5.32. The Morgan fingerprint density at radius 1 is 1.12 bits per heavy atom. The predicted octanol–water partition coefficient (Wildman–Crippen LogP) is 2.68. The first-order valence-electron chi connectivity index (χ1n) is 8.47. The molecule has 0 unspecified atom stereocenters. The van der Waals surface area contributed by atoms with Gasteiger partial charge in [0, 0.05) is 0 Å². The molecule has 2 bridgehead atoms. The molecule has 1 heterocycles. The van der Waals surface area contributed by atoms with Crippen LogP contribution in [0.1, 0.15) is 16.8 Å². The Kier molecular flexibility index (Phi) is 2.99. The average Bonchev–Trinajstić information content (AvgIpc) is 3.39. The lowest BCUT2D eigenvalue weighted by Crippen LogP contribution is -2.40. The number of imide groups is 1. The Bertz CT molecular complexity index is 827. The monoisotopic (exact) mass is 357 g/mol. The molecule has 2 saturated carbocycles. The third-order valence-corrected chi connectivity index (χ3v) is 6.61. The Morgan fingerprint density at radius 2 is 1.72 bits per heavy atom. The van der Waals surface area contributed by atoms with Gasteiger partial charge < -0.3 is 4.74 Å². The summed E-state index contributed by atoms with van der Waals surface area (Å²) in [5.74, 6) is 0.0456. The third-order valence-electron chi connectivity index (χ3n) is 6.28. The highest BCUT2D eigenvalue weighted by Gasteiger charge is 2.67. The highest BCUT2D eigenvalue weighted by atomic mass is 35.5. The summed E-state index contributed by atoms with van der Waals surface area (Å²) in [7, 11) is 1.27. The van der Waals surface area contributed by atoms with Gasteiger partial charge in [-0.15, -0.1) is 0 Å². The summed E-state index contributed by atoms with van der Waals surface area (Å²) in [4.78, 5) is 39.2. The number of amides is 2. The number of carbonyl (C=O) groups is 3. The zero-order valence-electron chi connectivity index (χ0n) is 13.5. The van der Waals surface area contributed by atoms with E-state index in [9.17, 15) is 14.4 Å². The van der Waals surface area contributed by atoms with Crippen molar-refractivity contribution in [1.29, 1.82) is 0 Å². The van der Waals surface area contributed by atoms with Crippen molar-refractivity contribution in [2.24, 2.45) is 35.5 Å². The number of benzene rings is 1. The molecule has 5 aliphatic rings. The second-order valence-corrected chi connectivity index (χ2v) is 7.73.